The van der Waals surface area contributed by atoms with Crippen molar-refractivity contribution in [2.24, 2.45) is 0 Å². The van der Waals surface area contributed by atoms with E-state index in [0.717, 1.165) is 4.46 Å². The number of carbonyl (C=O) groups is 2. The molecule has 20 heavy (non-hydrogen) atoms. The zero-order valence-electron chi connectivity index (χ0n) is 11.8. The molecule has 1 aromatic carbocycles. The number of carboxylic acids is 1. The Balaban J connectivity index is 2.53. The molecule has 0 saturated carbocycles. The van der Waals surface area contributed by atoms with Gasteiger partial charge in [0.25, 0.3) is 0 Å². The minimum atomic E-state index is -1.05. The van der Waals surface area contributed by atoms with Crippen LogP contribution in [0.5, 0.6) is 0 Å². The van der Waals surface area contributed by atoms with Crippen LogP contribution in [0.3, 0.4) is 0 Å². The summed E-state index contributed by atoms with van der Waals surface area (Å²) in [6.45, 7) is 5.20. The molecule has 0 aliphatic heterocycles. The van der Waals surface area contributed by atoms with Crippen LogP contribution in [0.1, 0.15) is 20.8 Å². The van der Waals surface area contributed by atoms with Crippen molar-refractivity contribution in [2.45, 2.75) is 37.7 Å². The molecular formula is C14H19NO4Se. The Bertz CT molecular complexity index is 456. The van der Waals surface area contributed by atoms with Crippen LogP contribution in [-0.2, 0) is 9.53 Å². The summed E-state index contributed by atoms with van der Waals surface area (Å²) >= 11 is -0.0146. The van der Waals surface area contributed by atoms with Crippen LogP contribution in [0.15, 0.2) is 30.3 Å². The quantitative estimate of drug-likeness (QED) is 0.792. The summed E-state index contributed by atoms with van der Waals surface area (Å²) in [5, 5.41) is 11.9. The summed E-state index contributed by atoms with van der Waals surface area (Å²) in [6.07, 6.45) is -0.700. The Morgan fingerprint density at radius 1 is 1.30 bits per heavy atom. The van der Waals surface area contributed by atoms with E-state index in [4.69, 9.17) is 9.84 Å². The molecule has 0 aliphatic rings. The maximum absolute atomic E-state index is 11.6. The van der Waals surface area contributed by atoms with E-state index >= 15 is 0 Å². The first-order chi connectivity index (χ1) is 9.28. The summed E-state index contributed by atoms with van der Waals surface area (Å²) in [5.74, 6) is -1.05. The van der Waals surface area contributed by atoms with Gasteiger partial charge in [0.05, 0.1) is 0 Å². The van der Waals surface area contributed by atoms with Crippen LogP contribution in [-0.4, -0.2) is 43.8 Å². The molecule has 0 bridgehead atoms. The summed E-state index contributed by atoms with van der Waals surface area (Å²) in [5.41, 5.74) is -0.641. The molecule has 0 radical (unpaired) electrons. The second kappa shape index (κ2) is 7.31. The Labute approximate surface area is 124 Å². The predicted molar refractivity (Wildman–Crippen MR) is 77.4 cm³/mol. The standard InChI is InChI=1S/C14H19NO4Se/c1-14(2,3)19-13(18)15-11(12(16)17)9-20-10-7-5-4-6-8-10/h4-8,11H,9H2,1-3H3,(H,15,18)(H,16,17)/t11-/m0/s1. The van der Waals surface area contributed by atoms with Gasteiger partial charge in [-0.15, -0.1) is 0 Å². The third kappa shape index (κ3) is 6.59. The van der Waals surface area contributed by atoms with Crippen molar-refractivity contribution in [3.63, 3.8) is 0 Å². The Kier molecular flexibility index (Phi) is 6.04. The molecule has 1 aromatic rings. The number of nitrogens with one attached hydrogen (secondary N) is 1. The van der Waals surface area contributed by atoms with Crippen molar-refractivity contribution in [1.82, 2.24) is 5.32 Å². The van der Waals surface area contributed by atoms with Gasteiger partial charge in [-0.25, -0.2) is 0 Å². The zero-order chi connectivity index (χ0) is 15.2. The van der Waals surface area contributed by atoms with Gasteiger partial charge >= 0.3 is 124 Å². The number of rotatable bonds is 5. The molecule has 1 rings (SSSR count). The second-order valence-electron chi connectivity index (χ2n) is 5.16. The SMILES string of the molecule is CC(C)(C)OC(=O)N[C@@H](C[Se]c1ccccc1)C(=O)O. The van der Waals surface area contributed by atoms with E-state index in [1.165, 1.54) is 0 Å². The number of carbonyl (C=O) groups excluding carboxylic acids is 1. The molecule has 110 valence electrons. The number of carboxylic acid groups (broad SMARTS) is 1. The van der Waals surface area contributed by atoms with Gasteiger partial charge in [-0.3, -0.25) is 0 Å². The van der Waals surface area contributed by atoms with Gasteiger partial charge in [0.2, 0.25) is 0 Å². The number of hydrogen-bond donors (Lipinski definition) is 2. The van der Waals surface area contributed by atoms with Gasteiger partial charge in [-0.05, 0) is 0 Å². The predicted octanol–water partition coefficient (Wildman–Crippen LogP) is 1.41. The van der Waals surface area contributed by atoms with Gasteiger partial charge < -0.3 is 0 Å². The van der Waals surface area contributed by atoms with Gasteiger partial charge in [0, 0.05) is 0 Å². The van der Waals surface area contributed by atoms with E-state index < -0.39 is 23.7 Å². The normalized spacial score (nSPS) is 12.6. The Hall–Kier alpha value is -1.52. The van der Waals surface area contributed by atoms with Crippen molar-refractivity contribution in [3.8, 4) is 0 Å². The van der Waals surface area contributed by atoms with Crippen LogP contribution in [0, 0.1) is 0 Å². The molecule has 0 fully saturated rings. The van der Waals surface area contributed by atoms with Gasteiger partial charge in [0.15, 0.2) is 0 Å². The molecule has 0 aliphatic carbocycles. The molecule has 0 heterocycles. The first-order valence-corrected chi connectivity index (χ1v) is 8.25. The third-order valence-corrected chi connectivity index (χ3v) is 4.47. The average molecular weight is 344 g/mol. The summed E-state index contributed by atoms with van der Waals surface area (Å²) in [4.78, 5) is 22.8. The van der Waals surface area contributed by atoms with Crippen molar-refractivity contribution in [1.29, 1.82) is 0 Å². The fourth-order valence-corrected chi connectivity index (χ4v) is 3.28. The summed E-state index contributed by atoms with van der Waals surface area (Å²) in [6, 6.07) is 8.71. The molecule has 1 amide bonds. The molecule has 0 saturated heterocycles. The number of amides is 1. The van der Waals surface area contributed by atoms with Crippen molar-refractivity contribution < 1.29 is 19.4 Å². The minimum absolute atomic E-state index is 0.0146. The van der Waals surface area contributed by atoms with Gasteiger partial charge in [-0.1, -0.05) is 0 Å². The van der Waals surface area contributed by atoms with Crippen LogP contribution in [0.4, 0.5) is 4.79 Å². The fourth-order valence-electron chi connectivity index (χ4n) is 1.32. The molecule has 0 spiro atoms. The van der Waals surface area contributed by atoms with Crippen LogP contribution < -0.4 is 9.78 Å². The van der Waals surface area contributed by atoms with E-state index in [1.807, 2.05) is 30.3 Å². The summed E-state index contributed by atoms with van der Waals surface area (Å²) < 4.78 is 6.16. The molecule has 1 atom stereocenters. The fraction of sp³-hybridized carbons (Fsp3) is 0.429. The monoisotopic (exact) mass is 345 g/mol. The molecule has 0 unspecified atom stereocenters. The van der Waals surface area contributed by atoms with E-state index in [2.05, 4.69) is 5.32 Å². The molecular weight excluding hydrogens is 325 g/mol. The zero-order valence-corrected chi connectivity index (χ0v) is 13.5. The maximum atomic E-state index is 11.6. The number of benzene rings is 1. The second-order valence-corrected chi connectivity index (χ2v) is 7.46. The van der Waals surface area contributed by atoms with Crippen LogP contribution >= 0.6 is 0 Å². The van der Waals surface area contributed by atoms with Crippen LogP contribution in [0.2, 0.25) is 5.32 Å². The molecule has 5 nitrogen and oxygen atoms in total. The van der Waals surface area contributed by atoms with Crippen molar-refractivity contribution in [3.05, 3.63) is 30.3 Å². The topological polar surface area (TPSA) is 75.6 Å². The molecule has 6 heteroatoms. The number of ether oxygens (including phenoxy) is 1. The van der Waals surface area contributed by atoms with Crippen molar-refractivity contribution in [2.75, 3.05) is 0 Å². The van der Waals surface area contributed by atoms with Gasteiger partial charge in [0.1, 0.15) is 0 Å². The first-order valence-electron chi connectivity index (χ1n) is 6.18. The molecule has 0 aromatic heterocycles. The third-order valence-electron chi connectivity index (χ3n) is 2.15. The summed E-state index contributed by atoms with van der Waals surface area (Å²) in [7, 11) is 0. The first kappa shape index (κ1) is 16.5. The van der Waals surface area contributed by atoms with Gasteiger partial charge in [-0.2, -0.15) is 0 Å². The van der Waals surface area contributed by atoms with Crippen molar-refractivity contribution >= 4 is 31.5 Å². The Morgan fingerprint density at radius 3 is 2.40 bits per heavy atom. The van der Waals surface area contributed by atoms with Crippen LogP contribution in [0.25, 0.3) is 0 Å². The van der Waals surface area contributed by atoms with E-state index in [9.17, 15) is 9.59 Å². The number of alkyl carbamates (subject to hydrolysis) is 1. The molecule has 2 N–H and O–H groups in total. The van der Waals surface area contributed by atoms with E-state index in [0.29, 0.717) is 5.32 Å². The Morgan fingerprint density at radius 2 is 1.90 bits per heavy atom. The number of aliphatic carboxylic acids is 1. The average Bonchev–Trinajstić information content (AvgIpc) is 2.33. The number of hydrogen-bond acceptors (Lipinski definition) is 3. The van der Waals surface area contributed by atoms with E-state index in [-0.39, 0.29) is 15.0 Å². The van der Waals surface area contributed by atoms with E-state index in [1.54, 1.807) is 20.8 Å².